The summed E-state index contributed by atoms with van der Waals surface area (Å²) in [6.45, 7) is 0.458. The van der Waals surface area contributed by atoms with E-state index in [-0.39, 0.29) is 5.91 Å². The molecule has 0 aliphatic heterocycles. The maximum atomic E-state index is 12.6. The van der Waals surface area contributed by atoms with Gasteiger partial charge in [0, 0.05) is 24.2 Å². The van der Waals surface area contributed by atoms with E-state index in [4.69, 9.17) is 0 Å². The lowest BCUT2D eigenvalue weighted by molar-refractivity contribution is -0.124. The number of nitrogens with one attached hydrogen (secondary N) is 1. The first-order chi connectivity index (χ1) is 11.9. The van der Waals surface area contributed by atoms with Crippen LogP contribution in [-0.2, 0) is 14.8 Å². The predicted octanol–water partition coefficient (Wildman–Crippen LogP) is 2.53. The Morgan fingerprint density at radius 1 is 1.08 bits per heavy atom. The molecule has 134 valence electrons. The van der Waals surface area contributed by atoms with Gasteiger partial charge in [-0.05, 0) is 17.7 Å². The molecule has 2 rings (SSSR count). The van der Waals surface area contributed by atoms with Gasteiger partial charge < -0.3 is 5.32 Å². The van der Waals surface area contributed by atoms with Gasteiger partial charge in [0.15, 0.2) is 0 Å². The maximum Gasteiger partial charge on any atom is 0.243 e. The molecule has 0 aliphatic carbocycles. The van der Waals surface area contributed by atoms with Gasteiger partial charge in [-0.15, -0.1) is 11.8 Å². The molecule has 5 nitrogen and oxygen atoms in total. The lowest BCUT2D eigenvalue weighted by Crippen LogP contribution is -2.41. The first-order valence-electron chi connectivity index (χ1n) is 7.83. The van der Waals surface area contributed by atoms with Gasteiger partial charge in [-0.1, -0.05) is 48.5 Å². The summed E-state index contributed by atoms with van der Waals surface area (Å²) in [7, 11) is -2.08. The zero-order chi connectivity index (χ0) is 18.3. The normalized spacial score (nSPS) is 12.8. The van der Waals surface area contributed by atoms with Crippen molar-refractivity contribution in [2.45, 2.75) is 10.9 Å². The number of sulfonamides is 1. The van der Waals surface area contributed by atoms with Gasteiger partial charge >= 0.3 is 0 Å². The highest BCUT2D eigenvalue weighted by Crippen LogP contribution is 2.22. The smallest absolute Gasteiger partial charge is 0.243 e. The van der Waals surface area contributed by atoms with Crippen LogP contribution in [0.1, 0.15) is 11.6 Å². The quantitative estimate of drug-likeness (QED) is 0.566. The number of hydrogen-bond acceptors (Lipinski definition) is 4. The molecule has 7 heteroatoms. The van der Waals surface area contributed by atoms with Crippen molar-refractivity contribution in [3.8, 4) is 0 Å². The highest BCUT2D eigenvalue weighted by Gasteiger charge is 2.30. The van der Waals surface area contributed by atoms with Crippen LogP contribution in [0, 0.1) is 0 Å². The van der Waals surface area contributed by atoms with Crippen LogP contribution < -0.4 is 5.32 Å². The molecule has 0 aromatic heterocycles. The van der Waals surface area contributed by atoms with E-state index < -0.39 is 16.1 Å². The predicted molar refractivity (Wildman–Crippen MR) is 102 cm³/mol. The fourth-order valence-electron chi connectivity index (χ4n) is 2.31. The Balaban J connectivity index is 2.01. The molecule has 0 saturated carbocycles. The second kappa shape index (κ2) is 9.03. The highest BCUT2D eigenvalue weighted by atomic mass is 32.2. The van der Waals surface area contributed by atoms with E-state index in [0.29, 0.717) is 17.9 Å². The molecule has 0 saturated heterocycles. The Kier molecular flexibility index (Phi) is 7.04. The average molecular weight is 379 g/mol. The molecular weight excluding hydrogens is 356 g/mol. The van der Waals surface area contributed by atoms with Crippen LogP contribution in [0.3, 0.4) is 0 Å². The van der Waals surface area contributed by atoms with E-state index in [9.17, 15) is 13.2 Å². The van der Waals surface area contributed by atoms with Gasteiger partial charge in [0.25, 0.3) is 0 Å². The summed E-state index contributed by atoms with van der Waals surface area (Å²) in [6, 6.07) is 17.9. The Bertz CT molecular complexity index is 780. The van der Waals surface area contributed by atoms with Crippen LogP contribution in [0.25, 0.3) is 0 Å². The monoisotopic (exact) mass is 378 g/mol. The van der Waals surface area contributed by atoms with Crippen molar-refractivity contribution in [2.24, 2.45) is 0 Å². The van der Waals surface area contributed by atoms with E-state index in [1.165, 1.54) is 7.05 Å². The summed E-state index contributed by atoms with van der Waals surface area (Å²) in [5.74, 6) is 0.382. The van der Waals surface area contributed by atoms with E-state index in [0.717, 1.165) is 15.5 Å². The van der Waals surface area contributed by atoms with Crippen LogP contribution in [0.15, 0.2) is 65.6 Å². The average Bonchev–Trinajstić information content (AvgIpc) is 2.60. The summed E-state index contributed by atoms with van der Waals surface area (Å²) in [4.78, 5) is 13.7. The summed E-state index contributed by atoms with van der Waals surface area (Å²) in [5, 5.41) is 2.84. The number of carbonyl (C=O) groups excluding carboxylic acids is 1. The molecule has 0 heterocycles. The number of rotatable bonds is 8. The molecule has 25 heavy (non-hydrogen) atoms. The molecular formula is C18H22N2O3S2. The number of carbonyl (C=O) groups is 1. The van der Waals surface area contributed by atoms with Crippen LogP contribution in [0.4, 0.5) is 0 Å². The van der Waals surface area contributed by atoms with Crippen LogP contribution >= 0.6 is 11.8 Å². The molecule has 1 N–H and O–H groups in total. The van der Waals surface area contributed by atoms with Crippen molar-refractivity contribution >= 4 is 27.7 Å². The van der Waals surface area contributed by atoms with Gasteiger partial charge in [-0.25, -0.2) is 8.42 Å². The number of nitrogens with zero attached hydrogens (tertiary/aromatic N) is 1. The van der Waals surface area contributed by atoms with Crippen molar-refractivity contribution in [3.05, 3.63) is 66.2 Å². The molecule has 0 spiro atoms. The number of hydrogen-bond donors (Lipinski definition) is 1. The van der Waals surface area contributed by atoms with Crippen LogP contribution in [0.5, 0.6) is 0 Å². The largest absolute Gasteiger partial charge is 0.354 e. The van der Waals surface area contributed by atoms with E-state index in [2.05, 4.69) is 5.32 Å². The number of benzene rings is 2. The van der Waals surface area contributed by atoms with Crippen molar-refractivity contribution in [3.63, 3.8) is 0 Å². The summed E-state index contributed by atoms with van der Waals surface area (Å²) in [6.07, 6.45) is 1.10. The fourth-order valence-corrected chi connectivity index (χ4v) is 3.70. The Labute approximate surface area is 153 Å². The standard InChI is InChI=1S/C18H22N2O3S2/c1-20(25(2,22)23)17(15-9-5-3-6-10-15)18(21)19-13-14-24-16-11-7-4-8-12-16/h3-12,17H,13-14H2,1-2H3,(H,19,21)/t17-/m0/s1. The third-order valence-electron chi connectivity index (χ3n) is 3.66. The second-order valence-corrected chi connectivity index (χ2v) is 8.76. The Morgan fingerprint density at radius 2 is 1.64 bits per heavy atom. The summed E-state index contributed by atoms with van der Waals surface area (Å²) in [5.41, 5.74) is 0.642. The molecule has 1 amide bonds. The molecule has 1 atom stereocenters. The SMILES string of the molecule is CN([C@H](C(=O)NCCSc1ccccc1)c1ccccc1)S(C)(=O)=O. The molecule has 0 radical (unpaired) electrons. The molecule has 0 bridgehead atoms. The highest BCUT2D eigenvalue weighted by molar-refractivity contribution is 7.99. The maximum absolute atomic E-state index is 12.6. The molecule has 0 aliphatic rings. The van der Waals surface area contributed by atoms with Gasteiger partial charge in [-0.2, -0.15) is 4.31 Å². The first-order valence-corrected chi connectivity index (χ1v) is 10.7. The summed E-state index contributed by atoms with van der Waals surface area (Å²) < 4.78 is 24.9. The minimum atomic E-state index is -3.50. The van der Waals surface area contributed by atoms with Crippen molar-refractivity contribution in [2.75, 3.05) is 25.6 Å². The lowest BCUT2D eigenvalue weighted by atomic mass is 10.1. The topological polar surface area (TPSA) is 66.5 Å². The number of likely N-dealkylation sites (N-methyl/N-ethyl adjacent to an activating group) is 1. The third kappa shape index (κ3) is 5.88. The Hall–Kier alpha value is -1.83. The van der Waals surface area contributed by atoms with Gasteiger partial charge in [0.05, 0.1) is 6.26 Å². The van der Waals surface area contributed by atoms with E-state index in [1.54, 1.807) is 36.0 Å². The Morgan fingerprint density at radius 3 is 2.20 bits per heavy atom. The van der Waals surface area contributed by atoms with Gasteiger partial charge in [0.1, 0.15) is 6.04 Å². The van der Waals surface area contributed by atoms with Crippen LogP contribution in [0.2, 0.25) is 0 Å². The molecule has 0 fully saturated rings. The molecule has 0 unspecified atom stereocenters. The van der Waals surface area contributed by atoms with Crippen molar-refractivity contribution in [1.82, 2.24) is 9.62 Å². The van der Waals surface area contributed by atoms with Gasteiger partial charge in [0.2, 0.25) is 15.9 Å². The summed E-state index contributed by atoms with van der Waals surface area (Å²) >= 11 is 1.64. The van der Waals surface area contributed by atoms with E-state index >= 15 is 0 Å². The fraction of sp³-hybridized carbons (Fsp3) is 0.278. The van der Waals surface area contributed by atoms with Crippen molar-refractivity contribution in [1.29, 1.82) is 0 Å². The molecule has 2 aromatic rings. The minimum absolute atomic E-state index is 0.326. The zero-order valence-electron chi connectivity index (χ0n) is 14.3. The molecule has 2 aromatic carbocycles. The number of amides is 1. The number of thioether (sulfide) groups is 1. The van der Waals surface area contributed by atoms with E-state index in [1.807, 2.05) is 36.4 Å². The lowest BCUT2D eigenvalue weighted by Gasteiger charge is -2.25. The zero-order valence-corrected chi connectivity index (χ0v) is 15.9. The second-order valence-electron chi connectivity index (χ2n) is 5.54. The van der Waals surface area contributed by atoms with Gasteiger partial charge in [-0.3, -0.25) is 4.79 Å². The third-order valence-corrected chi connectivity index (χ3v) is 5.93. The van der Waals surface area contributed by atoms with Crippen molar-refractivity contribution < 1.29 is 13.2 Å². The first kappa shape index (κ1) is 19.5. The van der Waals surface area contributed by atoms with Crippen LogP contribution in [-0.4, -0.2) is 44.2 Å². The minimum Gasteiger partial charge on any atom is -0.354 e.